The van der Waals surface area contributed by atoms with E-state index in [4.69, 9.17) is 5.73 Å². The normalized spacial score (nSPS) is 16.4. The highest BCUT2D eigenvalue weighted by molar-refractivity contribution is 7.25. The molecular formula is C29H23F4NS3. The monoisotopic (exact) mass is 557 g/mol. The van der Waals surface area contributed by atoms with Gasteiger partial charge in [0.2, 0.25) is 0 Å². The Hall–Kier alpha value is -2.68. The van der Waals surface area contributed by atoms with E-state index >= 15 is 17.6 Å². The number of thiophene rings is 3. The van der Waals surface area contributed by atoms with Crippen LogP contribution in [0.15, 0.2) is 42.0 Å². The summed E-state index contributed by atoms with van der Waals surface area (Å²) in [6.07, 6.45) is 3.84. The zero-order valence-electron chi connectivity index (χ0n) is 20.8. The second kappa shape index (κ2) is 7.91. The molecule has 3 heterocycles. The lowest BCUT2D eigenvalue weighted by molar-refractivity contribution is 0.0443. The molecular weight excluding hydrogens is 535 g/mol. The summed E-state index contributed by atoms with van der Waals surface area (Å²) >= 11 is 3.80. The summed E-state index contributed by atoms with van der Waals surface area (Å²) in [7, 11) is 0. The summed E-state index contributed by atoms with van der Waals surface area (Å²) in [5.74, 6) is -6.54. The average molecular weight is 558 g/mol. The molecule has 3 aromatic heterocycles. The highest BCUT2D eigenvalue weighted by atomic mass is 32.1. The van der Waals surface area contributed by atoms with E-state index < -0.39 is 11.8 Å². The van der Waals surface area contributed by atoms with Crippen molar-refractivity contribution in [2.45, 2.75) is 46.5 Å². The van der Waals surface area contributed by atoms with Gasteiger partial charge in [0.05, 0.1) is 5.00 Å². The molecule has 8 heteroatoms. The highest BCUT2D eigenvalue weighted by Gasteiger charge is 2.54. The third kappa shape index (κ3) is 3.31. The van der Waals surface area contributed by atoms with E-state index in [1.54, 1.807) is 26.0 Å². The smallest absolute Gasteiger partial charge is 0.300 e. The highest BCUT2D eigenvalue weighted by Crippen LogP contribution is 2.64. The first-order chi connectivity index (χ1) is 17.3. The predicted molar refractivity (Wildman–Crippen MR) is 149 cm³/mol. The van der Waals surface area contributed by atoms with Crippen LogP contribution in [0.2, 0.25) is 0 Å². The molecule has 4 aromatic rings. The molecule has 1 aromatic carbocycles. The van der Waals surface area contributed by atoms with Crippen LogP contribution in [0.4, 0.5) is 22.6 Å². The van der Waals surface area contributed by atoms with E-state index in [2.05, 4.69) is 0 Å². The van der Waals surface area contributed by atoms with Crippen LogP contribution in [-0.2, 0) is 11.8 Å². The number of alkyl halides is 4. The first-order valence-electron chi connectivity index (χ1n) is 11.7. The van der Waals surface area contributed by atoms with E-state index in [0.29, 0.717) is 19.6 Å². The minimum absolute atomic E-state index is 0.0909. The summed E-state index contributed by atoms with van der Waals surface area (Å²) in [6.45, 7) is 8.95. The molecule has 0 bridgehead atoms. The van der Waals surface area contributed by atoms with Crippen molar-refractivity contribution >= 4 is 44.6 Å². The van der Waals surface area contributed by atoms with E-state index in [1.807, 2.05) is 32.9 Å². The van der Waals surface area contributed by atoms with Gasteiger partial charge in [-0.05, 0) is 75.6 Å². The molecule has 0 fully saturated rings. The van der Waals surface area contributed by atoms with Gasteiger partial charge in [-0.2, -0.15) is 17.6 Å². The Morgan fingerprint density at radius 1 is 0.757 bits per heavy atom. The molecule has 0 saturated carbocycles. The number of anilines is 1. The second-order valence-electron chi connectivity index (χ2n) is 9.90. The lowest BCUT2D eigenvalue weighted by atomic mass is 9.88. The quantitative estimate of drug-likeness (QED) is 0.197. The maximum Gasteiger partial charge on any atom is 0.300 e. The fourth-order valence-corrected chi connectivity index (χ4v) is 8.85. The first kappa shape index (κ1) is 24.6. The molecule has 0 spiro atoms. The van der Waals surface area contributed by atoms with E-state index in [0.717, 1.165) is 20.9 Å². The Bertz CT molecular complexity index is 1690. The topological polar surface area (TPSA) is 26.0 Å². The Morgan fingerprint density at radius 2 is 1.32 bits per heavy atom. The lowest BCUT2D eigenvalue weighted by Gasteiger charge is -2.22. The number of fused-ring (bicyclic) bond motifs is 6. The molecule has 0 unspecified atom stereocenters. The van der Waals surface area contributed by atoms with Crippen molar-refractivity contribution < 1.29 is 17.6 Å². The van der Waals surface area contributed by atoms with Crippen LogP contribution in [0.25, 0.3) is 36.2 Å². The van der Waals surface area contributed by atoms with E-state index in [1.165, 1.54) is 46.1 Å². The molecule has 2 aliphatic carbocycles. The molecule has 6 rings (SSSR count). The SMILES string of the molecule is CC(C)=C/C=C(\C)c1cc2c(s1)-c1c(C)c3c(c(C)c1C2(F)F)-c1sc(-c2ccc(N)s2)cc1C3(F)F. The molecule has 2 aliphatic rings. The van der Waals surface area contributed by atoms with Gasteiger partial charge in [-0.25, -0.2) is 0 Å². The first-order valence-corrected chi connectivity index (χ1v) is 14.2. The van der Waals surface area contributed by atoms with Gasteiger partial charge in [-0.3, -0.25) is 0 Å². The molecule has 0 atom stereocenters. The minimum Gasteiger partial charge on any atom is -0.391 e. The zero-order valence-corrected chi connectivity index (χ0v) is 23.2. The van der Waals surface area contributed by atoms with Gasteiger partial charge in [0, 0.05) is 57.8 Å². The van der Waals surface area contributed by atoms with Crippen molar-refractivity contribution in [3.8, 4) is 30.6 Å². The van der Waals surface area contributed by atoms with Crippen molar-refractivity contribution in [1.29, 1.82) is 0 Å². The largest absolute Gasteiger partial charge is 0.391 e. The molecule has 1 nitrogen and oxygen atoms in total. The Morgan fingerprint density at radius 3 is 1.86 bits per heavy atom. The minimum atomic E-state index is -3.27. The van der Waals surface area contributed by atoms with Crippen molar-refractivity contribution in [2.75, 3.05) is 5.73 Å². The van der Waals surface area contributed by atoms with Crippen molar-refractivity contribution in [1.82, 2.24) is 0 Å². The summed E-state index contributed by atoms with van der Waals surface area (Å²) < 4.78 is 64.2. The summed E-state index contributed by atoms with van der Waals surface area (Å²) in [6, 6.07) is 6.57. The number of rotatable bonds is 3. The average Bonchev–Trinajstić information content (AvgIpc) is 3.59. The summed E-state index contributed by atoms with van der Waals surface area (Å²) in [5, 5.41) is 0.594. The number of nitrogen functional groups attached to an aromatic ring is 1. The Balaban J connectivity index is 1.58. The zero-order chi connectivity index (χ0) is 26.6. The van der Waals surface area contributed by atoms with Gasteiger partial charge < -0.3 is 5.73 Å². The predicted octanol–water partition coefficient (Wildman–Crippen LogP) is 10.3. The van der Waals surface area contributed by atoms with Crippen molar-refractivity contribution in [3.05, 3.63) is 80.2 Å². The van der Waals surface area contributed by atoms with Crippen LogP contribution in [0, 0.1) is 13.8 Å². The van der Waals surface area contributed by atoms with Gasteiger partial charge in [-0.15, -0.1) is 34.0 Å². The van der Waals surface area contributed by atoms with Crippen LogP contribution in [0.3, 0.4) is 0 Å². The van der Waals surface area contributed by atoms with Crippen LogP contribution in [-0.4, -0.2) is 0 Å². The van der Waals surface area contributed by atoms with E-state index in [9.17, 15) is 0 Å². The molecule has 0 saturated heterocycles. The van der Waals surface area contributed by atoms with Crippen LogP contribution < -0.4 is 5.73 Å². The Labute approximate surface area is 224 Å². The second-order valence-corrected chi connectivity index (χ2v) is 13.1. The van der Waals surface area contributed by atoms with Gasteiger partial charge in [0.15, 0.2) is 0 Å². The lowest BCUT2D eigenvalue weighted by Crippen LogP contribution is -2.17. The van der Waals surface area contributed by atoms with Crippen LogP contribution in [0.5, 0.6) is 0 Å². The van der Waals surface area contributed by atoms with Crippen molar-refractivity contribution in [2.24, 2.45) is 0 Å². The third-order valence-corrected chi connectivity index (χ3v) is 10.7. The number of halogens is 4. The standard InChI is InChI=1S/C29H23F4NS3/c1-12(2)6-7-13(3)19-10-16-26(36-19)22-14(4)25-23(15(5)24(22)28(16,30)31)27-17(29(25,32)33)11-20(37-27)18-8-9-21(34)35-18/h6-11H,34H2,1-5H3/b13-7+. The number of hydrogen-bond donors (Lipinski definition) is 1. The number of benzene rings is 1. The molecule has 190 valence electrons. The van der Waals surface area contributed by atoms with Gasteiger partial charge in [0.25, 0.3) is 0 Å². The fourth-order valence-electron chi connectivity index (χ4n) is 5.42. The molecule has 0 radical (unpaired) electrons. The number of allylic oxidation sites excluding steroid dienone is 4. The van der Waals surface area contributed by atoms with Crippen molar-refractivity contribution in [3.63, 3.8) is 0 Å². The van der Waals surface area contributed by atoms with Gasteiger partial charge in [-0.1, -0.05) is 17.7 Å². The van der Waals surface area contributed by atoms with Crippen LogP contribution >= 0.6 is 34.0 Å². The number of nitrogens with two attached hydrogens (primary N) is 1. The van der Waals surface area contributed by atoms with Gasteiger partial charge >= 0.3 is 11.8 Å². The number of hydrogen-bond acceptors (Lipinski definition) is 4. The maximum atomic E-state index is 16.1. The van der Waals surface area contributed by atoms with E-state index in [-0.39, 0.29) is 44.5 Å². The fraction of sp³-hybridized carbons (Fsp3) is 0.241. The molecule has 37 heavy (non-hydrogen) atoms. The summed E-state index contributed by atoms with van der Waals surface area (Å²) in [4.78, 5) is 2.95. The Kier molecular flexibility index (Phi) is 5.27. The van der Waals surface area contributed by atoms with Crippen LogP contribution in [0.1, 0.15) is 59.0 Å². The third-order valence-electron chi connectivity index (χ3n) is 7.15. The molecule has 2 N–H and O–H groups in total. The molecule has 0 aliphatic heterocycles. The molecule has 0 amide bonds. The van der Waals surface area contributed by atoms with Gasteiger partial charge in [0.1, 0.15) is 0 Å². The maximum absolute atomic E-state index is 16.1. The summed E-state index contributed by atoms with van der Waals surface area (Å²) in [5.41, 5.74) is 8.33.